The van der Waals surface area contributed by atoms with Crippen LogP contribution in [0.3, 0.4) is 0 Å². The van der Waals surface area contributed by atoms with Crippen LogP contribution in [0.4, 0.5) is 26.3 Å². The summed E-state index contributed by atoms with van der Waals surface area (Å²) in [7, 11) is 0. The fraction of sp³-hybridized carbons (Fsp3) is 0.500. The van der Waals surface area contributed by atoms with Gasteiger partial charge in [0.05, 0.1) is 22.3 Å². The predicted octanol–water partition coefficient (Wildman–Crippen LogP) is 5.64. The van der Waals surface area contributed by atoms with Gasteiger partial charge in [0.25, 0.3) is 0 Å². The van der Waals surface area contributed by atoms with Crippen molar-refractivity contribution in [1.82, 2.24) is 0 Å². The molecule has 2 aliphatic heterocycles. The Labute approximate surface area is 196 Å². The van der Waals surface area contributed by atoms with Crippen LogP contribution in [0.25, 0.3) is 0 Å². The molecular formula is C24H22F6O5. The summed E-state index contributed by atoms with van der Waals surface area (Å²) in [6, 6.07) is 0.744. The molecule has 11 heteroatoms. The number of ether oxygens (including phenoxy) is 3. The molecule has 0 N–H and O–H groups in total. The highest BCUT2D eigenvalue weighted by atomic mass is 19.4. The summed E-state index contributed by atoms with van der Waals surface area (Å²) in [6.45, 7) is 7.26. The highest BCUT2D eigenvalue weighted by Gasteiger charge is 2.62. The average molecular weight is 504 g/mol. The number of alkyl halides is 6. The van der Waals surface area contributed by atoms with Crippen LogP contribution in [0.1, 0.15) is 54.6 Å². The molecule has 0 aromatic heterocycles. The number of allylic oxidation sites excluding steroid dienone is 1. The fourth-order valence-electron chi connectivity index (χ4n) is 4.65. The molecule has 1 aliphatic carbocycles. The molecule has 5 nitrogen and oxygen atoms in total. The third-order valence-electron chi connectivity index (χ3n) is 6.79. The summed E-state index contributed by atoms with van der Waals surface area (Å²) in [5, 5.41) is 0. The zero-order valence-electron chi connectivity index (χ0n) is 18.8. The standard InChI is InChI=1S/C24H22F6O5/c1-11-5-4-8-22(3)19(35-22)18-15(12(2)20(31)34-18)10-17(11)33-21(32)14-7-6-13(23(25,26)27)9-16(14)24(28,29)30/h5-7,9,15,17-19H,2,4,8,10H2,1,3H3/b11-5+/t15-,17-,18-,19-,22+/m0/s1. The molecule has 0 radical (unpaired) electrons. The van der Waals surface area contributed by atoms with Crippen LogP contribution in [-0.2, 0) is 31.4 Å². The van der Waals surface area contributed by atoms with Gasteiger partial charge in [-0.3, -0.25) is 0 Å². The molecule has 2 saturated heterocycles. The van der Waals surface area contributed by atoms with Gasteiger partial charge in [-0.05, 0) is 56.9 Å². The lowest BCUT2D eigenvalue weighted by molar-refractivity contribution is -0.143. The zero-order valence-corrected chi connectivity index (χ0v) is 18.8. The summed E-state index contributed by atoms with van der Waals surface area (Å²) in [5.74, 6) is -2.69. The van der Waals surface area contributed by atoms with Crippen LogP contribution in [0, 0.1) is 5.92 Å². The number of carbonyl (C=O) groups excluding carboxylic acids is 2. The van der Waals surface area contributed by atoms with Gasteiger partial charge >= 0.3 is 24.3 Å². The summed E-state index contributed by atoms with van der Waals surface area (Å²) in [5.41, 5.74) is -4.18. The second-order valence-corrected chi connectivity index (χ2v) is 9.23. The van der Waals surface area contributed by atoms with E-state index in [2.05, 4.69) is 6.58 Å². The van der Waals surface area contributed by atoms with Crippen molar-refractivity contribution in [3.63, 3.8) is 0 Å². The highest BCUT2D eigenvalue weighted by Crippen LogP contribution is 2.50. The average Bonchev–Trinajstić information content (AvgIpc) is 3.34. The molecule has 0 bridgehead atoms. The molecule has 2 heterocycles. The van der Waals surface area contributed by atoms with Gasteiger partial charge in [-0.2, -0.15) is 26.3 Å². The van der Waals surface area contributed by atoms with Crippen LogP contribution < -0.4 is 0 Å². The molecule has 5 atom stereocenters. The van der Waals surface area contributed by atoms with Crippen molar-refractivity contribution in [2.45, 2.75) is 69.4 Å². The third kappa shape index (κ3) is 4.82. The molecule has 4 rings (SSSR count). The number of rotatable bonds is 2. The molecule has 1 aromatic carbocycles. The number of hydrogen-bond donors (Lipinski definition) is 0. The number of benzene rings is 1. The molecule has 190 valence electrons. The summed E-state index contributed by atoms with van der Waals surface area (Å²) in [4.78, 5) is 25.0. The van der Waals surface area contributed by atoms with Crippen LogP contribution in [0.5, 0.6) is 0 Å². The van der Waals surface area contributed by atoms with Crippen LogP contribution in [0.15, 0.2) is 42.0 Å². The topological polar surface area (TPSA) is 65.1 Å². The smallest absolute Gasteiger partial charge is 0.417 e. The molecule has 3 aliphatic rings. The highest BCUT2D eigenvalue weighted by molar-refractivity contribution is 5.92. The quantitative estimate of drug-likeness (QED) is 0.172. The van der Waals surface area contributed by atoms with Crippen molar-refractivity contribution in [3.8, 4) is 0 Å². The van der Waals surface area contributed by atoms with Gasteiger partial charge in [-0.15, -0.1) is 0 Å². The van der Waals surface area contributed by atoms with E-state index in [-0.39, 0.29) is 18.1 Å². The molecule has 35 heavy (non-hydrogen) atoms. The number of fused-ring (bicyclic) bond motifs is 3. The van der Waals surface area contributed by atoms with Gasteiger partial charge in [-0.1, -0.05) is 12.7 Å². The Bertz CT molecular complexity index is 1100. The third-order valence-corrected chi connectivity index (χ3v) is 6.79. The first-order valence-corrected chi connectivity index (χ1v) is 10.9. The Kier molecular flexibility index (Phi) is 6.06. The molecule has 2 fully saturated rings. The Hall–Kier alpha value is -2.82. The van der Waals surface area contributed by atoms with Gasteiger partial charge in [0.1, 0.15) is 18.3 Å². The minimum Gasteiger partial charge on any atom is -0.455 e. The number of hydrogen-bond acceptors (Lipinski definition) is 5. The monoisotopic (exact) mass is 504 g/mol. The van der Waals surface area contributed by atoms with E-state index in [1.807, 2.05) is 6.92 Å². The lowest BCUT2D eigenvalue weighted by atomic mass is 9.83. The maximum atomic E-state index is 13.5. The number of esters is 2. The fourth-order valence-corrected chi connectivity index (χ4v) is 4.65. The maximum absolute atomic E-state index is 13.5. The number of epoxide rings is 1. The Morgan fingerprint density at radius 2 is 1.86 bits per heavy atom. The summed E-state index contributed by atoms with van der Waals surface area (Å²) < 4.78 is 96.2. The van der Waals surface area contributed by atoms with Crippen molar-refractivity contribution < 1.29 is 50.1 Å². The minimum absolute atomic E-state index is 0.0127. The zero-order chi connectivity index (χ0) is 25.9. The van der Waals surface area contributed by atoms with Crippen LogP contribution in [-0.4, -0.2) is 35.9 Å². The van der Waals surface area contributed by atoms with Crippen molar-refractivity contribution >= 4 is 11.9 Å². The van der Waals surface area contributed by atoms with E-state index in [0.29, 0.717) is 30.5 Å². The van der Waals surface area contributed by atoms with Crippen molar-refractivity contribution in [2.75, 3.05) is 0 Å². The van der Waals surface area contributed by atoms with Crippen molar-refractivity contribution in [3.05, 3.63) is 58.7 Å². The minimum atomic E-state index is -5.23. The summed E-state index contributed by atoms with van der Waals surface area (Å²) >= 11 is 0. The van der Waals surface area contributed by atoms with E-state index in [1.54, 1.807) is 13.0 Å². The number of carbonyl (C=O) groups is 2. The van der Waals surface area contributed by atoms with E-state index >= 15 is 0 Å². The van der Waals surface area contributed by atoms with Crippen LogP contribution >= 0.6 is 0 Å². The second-order valence-electron chi connectivity index (χ2n) is 9.23. The first-order valence-electron chi connectivity index (χ1n) is 10.9. The molecular weight excluding hydrogens is 482 g/mol. The molecule has 0 unspecified atom stereocenters. The van der Waals surface area contributed by atoms with E-state index in [1.165, 1.54) is 0 Å². The first-order chi connectivity index (χ1) is 16.1. The van der Waals surface area contributed by atoms with E-state index < -0.39 is 70.8 Å². The molecule has 0 spiro atoms. The Morgan fingerprint density at radius 1 is 1.17 bits per heavy atom. The largest absolute Gasteiger partial charge is 0.455 e. The van der Waals surface area contributed by atoms with E-state index in [0.717, 1.165) is 0 Å². The lowest BCUT2D eigenvalue weighted by Crippen LogP contribution is -2.33. The van der Waals surface area contributed by atoms with Gasteiger partial charge < -0.3 is 14.2 Å². The van der Waals surface area contributed by atoms with Gasteiger partial charge in [0, 0.05) is 11.5 Å². The lowest BCUT2D eigenvalue weighted by Gasteiger charge is -2.26. The SMILES string of the molecule is C=C1C(=O)O[C@H]2[C@H]1C[C@H](OC(=O)c1ccc(C(F)(F)F)cc1C(F)(F)F)/C(C)=C/CC[C@@]1(C)O[C@@H]21. The van der Waals surface area contributed by atoms with E-state index in [9.17, 15) is 35.9 Å². The second kappa shape index (κ2) is 8.39. The van der Waals surface area contributed by atoms with Gasteiger partial charge in [0.2, 0.25) is 0 Å². The molecule has 0 amide bonds. The maximum Gasteiger partial charge on any atom is 0.417 e. The first kappa shape index (κ1) is 25.3. The summed E-state index contributed by atoms with van der Waals surface area (Å²) in [6.07, 6.45) is -9.58. The molecule has 0 saturated carbocycles. The number of halogens is 6. The van der Waals surface area contributed by atoms with Crippen LogP contribution in [0.2, 0.25) is 0 Å². The normalized spacial score (nSPS) is 32.6. The Morgan fingerprint density at radius 3 is 2.49 bits per heavy atom. The van der Waals surface area contributed by atoms with Crippen molar-refractivity contribution in [1.29, 1.82) is 0 Å². The van der Waals surface area contributed by atoms with Crippen molar-refractivity contribution in [2.24, 2.45) is 5.92 Å². The van der Waals surface area contributed by atoms with E-state index in [4.69, 9.17) is 14.2 Å². The predicted molar refractivity (Wildman–Crippen MR) is 109 cm³/mol. The molecule has 1 aromatic rings. The Balaban J connectivity index is 1.65. The van der Waals surface area contributed by atoms with Gasteiger partial charge in [0.15, 0.2) is 0 Å². The van der Waals surface area contributed by atoms with Gasteiger partial charge in [-0.25, -0.2) is 9.59 Å².